The summed E-state index contributed by atoms with van der Waals surface area (Å²) in [6, 6.07) is 14.9. The van der Waals surface area contributed by atoms with Crippen LogP contribution < -0.4 is 15.4 Å². The van der Waals surface area contributed by atoms with E-state index in [1.54, 1.807) is 25.6 Å². The van der Waals surface area contributed by atoms with Crippen molar-refractivity contribution < 1.29 is 18.7 Å². The Morgan fingerprint density at radius 1 is 1.14 bits per heavy atom. The van der Waals surface area contributed by atoms with Gasteiger partial charge in [0.1, 0.15) is 17.3 Å². The lowest BCUT2D eigenvalue weighted by Gasteiger charge is -2.36. The number of hydrogen-bond acceptors (Lipinski definition) is 6. The first-order chi connectivity index (χ1) is 16.9. The number of pyridine rings is 1. The Morgan fingerprint density at radius 3 is 2.71 bits per heavy atom. The van der Waals surface area contributed by atoms with Crippen molar-refractivity contribution in [2.24, 2.45) is 0 Å². The van der Waals surface area contributed by atoms with Crippen molar-refractivity contribution in [1.29, 1.82) is 0 Å². The van der Waals surface area contributed by atoms with Crippen molar-refractivity contribution in [3.05, 3.63) is 100 Å². The summed E-state index contributed by atoms with van der Waals surface area (Å²) in [5.74, 6) is 1.04. The first-order valence-corrected chi connectivity index (χ1v) is 11.6. The monoisotopic (exact) mass is 469 g/mol. The van der Waals surface area contributed by atoms with Gasteiger partial charge in [-0.05, 0) is 61.7 Å². The Balaban J connectivity index is 1.57. The maximum absolute atomic E-state index is 13.6. The molecule has 3 heterocycles. The number of aromatic nitrogens is 1. The molecule has 0 saturated carbocycles. The maximum atomic E-state index is 13.6. The number of ether oxygens (including phenoxy) is 1. The van der Waals surface area contributed by atoms with E-state index in [2.05, 4.69) is 15.6 Å². The summed E-state index contributed by atoms with van der Waals surface area (Å²) in [5, 5.41) is 6.29. The minimum Gasteiger partial charge on any atom is -0.497 e. The number of benzene rings is 1. The highest BCUT2D eigenvalue weighted by molar-refractivity contribution is 6.09. The van der Waals surface area contributed by atoms with Gasteiger partial charge in [-0.1, -0.05) is 18.2 Å². The van der Waals surface area contributed by atoms with E-state index in [0.29, 0.717) is 41.3 Å². The van der Waals surface area contributed by atoms with E-state index < -0.39 is 5.92 Å². The number of nitrogens with one attached hydrogen (secondary N) is 2. The fraction of sp³-hybridized carbons (Fsp3) is 0.250. The average Bonchev–Trinajstić information content (AvgIpc) is 3.39. The van der Waals surface area contributed by atoms with Gasteiger partial charge < -0.3 is 19.8 Å². The molecule has 35 heavy (non-hydrogen) atoms. The van der Waals surface area contributed by atoms with Gasteiger partial charge >= 0.3 is 0 Å². The summed E-state index contributed by atoms with van der Waals surface area (Å²) >= 11 is 0. The first-order valence-electron chi connectivity index (χ1n) is 11.6. The third-order valence-corrected chi connectivity index (χ3v) is 6.60. The Hall–Kier alpha value is -4.13. The van der Waals surface area contributed by atoms with Crippen LogP contribution >= 0.6 is 0 Å². The number of ketones is 1. The quantitative estimate of drug-likeness (QED) is 0.547. The molecular formula is C28H27N3O4. The third-order valence-electron chi connectivity index (χ3n) is 6.60. The molecule has 1 amide bonds. The minimum absolute atomic E-state index is 0.000712. The summed E-state index contributed by atoms with van der Waals surface area (Å²) in [4.78, 5) is 31.5. The molecule has 1 aliphatic heterocycles. The fourth-order valence-electron chi connectivity index (χ4n) is 4.94. The van der Waals surface area contributed by atoms with E-state index in [-0.39, 0.29) is 17.6 Å². The number of carbonyl (C=O) groups is 2. The molecule has 7 heteroatoms. The van der Waals surface area contributed by atoms with Crippen molar-refractivity contribution in [2.75, 3.05) is 12.4 Å². The Morgan fingerprint density at radius 2 is 2.00 bits per heavy atom. The molecule has 0 radical (unpaired) electrons. The Bertz CT molecular complexity index is 1340. The maximum Gasteiger partial charge on any atom is 0.255 e. The van der Waals surface area contributed by atoms with Crippen LogP contribution in [0, 0.1) is 6.92 Å². The van der Waals surface area contributed by atoms with Crippen LogP contribution in [0.5, 0.6) is 5.75 Å². The highest BCUT2D eigenvalue weighted by atomic mass is 16.5. The number of nitrogens with zero attached hydrogens (tertiary/aromatic N) is 1. The number of allylic oxidation sites excluding steroid dienone is 3. The van der Waals surface area contributed by atoms with Crippen LogP contribution in [0.25, 0.3) is 0 Å². The molecule has 0 spiro atoms. The molecule has 1 aromatic carbocycles. The van der Waals surface area contributed by atoms with Gasteiger partial charge in [0, 0.05) is 47.0 Å². The Labute approximate surface area is 203 Å². The summed E-state index contributed by atoms with van der Waals surface area (Å²) < 4.78 is 11.0. The van der Waals surface area contributed by atoms with Gasteiger partial charge in [0.2, 0.25) is 0 Å². The molecule has 2 atom stereocenters. The molecule has 2 aliphatic rings. The van der Waals surface area contributed by atoms with Crippen LogP contribution in [0.15, 0.2) is 87.9 Å². The lowest BCUT2D eigenvalue weighted by Crippen LogP contribution is -2.37. The number of rotatable bonds is 5. The van der Waals surface area contributed by atoms with E-state index >= 15 is 0 Å². The average molecular weight is 470 g/mol. The predicted octanol–water partition coefficient (Wildman–Crippen LogP) is 4.99. The predicted molar refractivity (Wildman–Crippen MR) is 132 cm³/mol. The number of Topliss-reactive ketones (excluding diaryl/α,β-unsaturated/α-hetero) is 1. The molecule has 7 nitrogen and oxygen atoms in total. The highest BCUT2D eigenvalue weighted by Gasteiger charge is 2.41. The number of amides is 1. The van der Waals surface area contributed by atoms with Crippen molar-refractivity contribution in [3.8, 4) is 5.75 Å². The van der Waals surface area contributed by atoms with Crippen LogP contribution in [0.2, 0.25) is 0 Å². The zero-order chi connectivity index (χ0) is 24.5. The fourth-order valence-corrected chi connectivity index (χ4v) is 4.94. The van der Waals surface area contributed by atoms with Crippen LogP contribution in [0.4, 0.5) is 5.82 Å². The van der Waals surface area contributed by atoms with Crippen molar-refractivity contribution >= 4 is 17.5 Å². The molecule has 5 rings (SSSR count). The van der Waals surface area contributed by atoms with Crippen LogP contribution in [-0.4, -0.2) is 23.8 Å². The van der Waals surface area contributed by atoms with Crippen molar-refractivity contribution in [1.82, 2.24) is 10.3 Å². The van der Waals surface area contributed by atoms with Gasteiger partial charge in [0.15, 0.2) is 5.78 Å². The van der Waals surface area contributed by atoms with Gasteiger partial charge in [-0.15, -0.1) is 0 Å². The normalized spacial score (nSPS) is 19.8. The van der Waals surface area contributed by atoms with E-state index in [9.17, 15) is 9.59 Å². The van der Waals surface area contributed by atoms with Gasteiger partial charge in [-0.25, -0.2) is 4.98 Å². The van der Waals surface area contributed by atoms with E-state index in [1.165, 1.54) is 0 Å². The summed E-state index contributed by atoms with van der Waals surface area (Å²) in [6.45, 7) is 3.81. The van der Waals surface area contributed by atoms with Crippen LogP contribution in [0.1, 0.15) is 48.5 Å². The number of aryl methyl sites for hydroxylation is 1. The molecular weight excluding hydrogens is 442 g/mol. The summed E-state index contributed by atoms with van der Waals surface area (Å²) in [6.07, 6.45) is 4.28. The molecule has 0 fully saturated rings. The second kappa shape index (κ2) is 9.25. The summed E-state index contributed by atoms with van der Waals surface area (Å²) in [5.41, 5.74) is 4.47. The van der Waals surface area contributed by atoms with Crippen LogP contribution in [0.3, 0.4) is 0 Å². The number of dihydropyridines is 1. The zero-order valence-electron chi connectivity index (χ0n) is 19.9. The summed E-state index contributed by atoms with van der Waals surface area (Å²) in [7, 11) is 1.60. The number of carbonyl (C=O) groups excluding carboxylic acids is 2. The second-order valence-corrected chi connectivity index (χ2v) is 8.98. The third kappa shape index (κ3) is 4.37. The number of methoxy groups -OCH3 is 1. The molecule has 1 aliphatic carbocycles. The largest absolute Gasteiger partial charge is 0.497 e. The molecule has 0 saturated heterocycles. The number of hydrogen-bond donors (Lipinski definition) is 2. The second-order valence-electron chi connectivity index (χ2n) is 8.98. The van der Waals surface area contributed by atoms with Gasteiger partial charge in [0.25, 0.3) is 5.91 Å². The Kier molecular flexibility index (Phi) is 5.99. The van der Waals surface area contributed by atoms with Crippen molar-refractivity contribution in [3.63, 3.8) is 0 Å². The molecule has 3 aromatic rings. The van der Waals surface area contributed by atoms with Gasteiger partial charge in [-0.3, -0.25) is 9.59 Å². The molecule has 2 N–H and O–H groups in total. The molecule has 2 unspecified atom stereocenters. The van der Waals surface area contributed by atoms with Gasteiger partial charge in [0.05, 0.1) is 13.4 Å². The number of furan rings is 1. The highest BCUT2D eigenvalue weighted by Crippen LogP contribution is 2.46. The minimum atomic E-state index is -0.531. The van der Waals surface area contributed by atoms with Gasteiger partial charge in [-0.2, -0.15) is 0 Å². The lowest BCUT2D eigenvalue weighted by atomic mass is 9.72. The molecule has 178 valence electrons. The SMILES string of the molecule is COc1cccc(C2C(C(=O)Nc3ccc(C)cn3)=C(C)NC3=C2C(=O)CC(c2ccco2)C3)c1. The van der Waals surface area contributed by atoms with E-state index in [4.69, 9.17) is 9.15 Å². The number of anilines is 1. The molecule has 2 aromatic heterocycles. The van der Waals surface area contributed by atoms with Crippen LogP contribution in [-0.2, 0) is 9.59 Å². The lowest BCUT2D eigenvalue weighted by molar-refractivity contribution is -0.116. The smallest absolute Gasteiger partial charge is 0.255 e. The van der Waals surface area contributed by atoms with E-state index in [1.807, 2.05) is 56.3 Å². The molecule has 0 bridgehead atoms. The van der Waals surface area contributed by atoms with E-state index in [0.717, 1.165) is 22.6 Å². The topological polar surface area (TPSA) is 93.5 Å². The zero-order valence-corrected chi connectivity index (χ0v) is 19.9. The first kappa shape index (κ1) is 22.7. The van der Waals surface area contributed by atoms with Crippen molar-refractivity contribution in [2.45, 2.75) is 38.5 Å². The standard InChI is InChI=1S/C28H27N3O4/c1-16-9-10-24(29-15-16)31-28(33)25-17(2)30-21-13-19(23-8-5-11-35-23)14-22(32)27(21)26(25)18-6-4-7-20(12-18)34-3/h4-12,15,19,26,30H,13-14H2,1-3H3,(H,29,31,33).